The van der Waals surface area contributed by atoms with Crippen LogP contribution >= 0.6 is 33.0 Å². The molecule has 6 nitrogen and oxygen atoms in total. The number of hydrogen-bond donors (Lipinski definition) is 3. The average Bonchev–Trinajstić information content (AvgIpc) is 2.47. The van der Waals surface area contributed by atoms with Gasteiger partial charge in [0, 0.05) is 21.4 Å². The second kappa shape index (κ2) is 11.7. The van der Waals surface area contributed by atoms with Crippen molar-refractivity contribution in [1.82, 2.24) is 0 Å². The smallest absolute Gasteiger partial charge is 0.339 e. The molecule has 0 aliphatic rings. The Kier molecular flexibility index (Phi) is 10.8. The molecule has 0 spiro atoms. The van der Waals surface area contributed by atoms with Gasteiger partial charge in [-0.3, -0.25) is 4.79 Å². The van der Waals surface area contributed by atoms with Gasteiger partial charge >= 0.3 is 5.97 Å². The van der Waals surface area contributed by atoms with Gasteiger partial charge in [0.1, 0.15) is 17.1 Å². The topological polar surface area (TPSA) is 112 Å². The predicted molar refractivity (Wildman–Crippen MR) is 93.2 cm³/mol. The highest BCUT2D eigenvalue weighted by Crippen LogP contribution is 2.17. The first-order valence-corrected chi connectivity index (χ1v) is 9.08. The number of aromatic carboxylic acids is 1. The van der Waals surface area contributed by atoms with Crippen molar-refractivity contribution in [3.8, 4) is 11.5 Å². The molecular formula is C14H11Cl3O6S. The average molecular weight is 414 g/mol. The van der Waals surface area contributed by atoms with Crippen molar-refractivity contribution in [2.75, 3.05) is 0 Å². The van der Waals surface area contributed by atoms with Crippen molar-refractivity contribution in [2.45, 2.75) is 0 Å². The van der Waals surface area contributed by atoms with Gasteiger partial charge in [-0.1, -0.05) is 24.3 Å². The van der Waals surface area contributed by atoms with Gasteiger partial charge in [0.15, 0.2) is 0 Å². The standard InChI is InChI=1S/C7H5ClO2.C7H6O3.Cl2OS/c8-7(10)5-3-1-2-4-6(5)9;8-6-4-2-1-3-5(6)7(9)10;1-4(2)3/h1-4,9H;1-4,8H,(H,9,10);. The lowest BCUT2D eigenvalue weighted by molar-refractivity contribution is 0.0693. The number of hydrogen-bond acceptors (Lipinski definition) is 5. The number of halogens is 3. The van der Waals surface area contributed by atoms with Crippen molar-refractivity contribution in [2.24, 2.45) is 0 Å². The van der Waals surface area contributed by atoms with Gasteiger partial charge in [-0.05, 0) is 35.9 Å². The fraction of sp³-hybridized carbons (Fsp3) is 0. The number of carboxylic acid groups (broad SMARTS) is 1. The largest absolute Gasteiger partial charge is 0.507 e. The number of benzene rings is 2. The van der Waals surface area contributed by atoms with Gasteiger partial charge in [-0.15, -0.1) is 0 Å². The van der Waals surface area contributed by atoms with E-state index in [4.69, 9.17) is 31.1 Å². The molecule has 0 aliphatic heterocycles. The Morgan fingerprint density at radius 1 is 0.833 bits per heavy atom. The number of carbonyl (C=O) groups excluding carboxylic acids is 1. The highest BCUT2D eigenvalue weighted by molar-refractivity contribution is 8.26. The summed E-state index contributed by atoms with van der Waals surface area (Å²) in [5.41, 5.74) is 0.0756. The molecule has 2 aromatic rings. The second-order valence-electron chi connectivity index (χ2n) is 3.80. The fourth-order valence-electron chi connectivity index (χ4n) is 1.29. The van der Waals surface area contributed by atoms with Crippen LogP contribution in [0, 0.1) is 0 Å². The first-order valence-electron chi connectivity index (χ1n) is 5.90. The maximum atomic E-state index is 10.5. The minimum absolute atomic E-state index is 0.0671. The number of phenolic OH excluding ortho intramolecular Hbond substituents is 1. The van der Waals surface area contributed by atoms with Crippen LogP contribution in [-0.4, -0.2) is 30.7 Å². The molecule has 0 saturated carbocycles. The Balaban J connectivity index is 0.000000363. The fourth-order valence-corrected chi connectivity index (χ4v) is 1.45. The Hall–Kier alpha value is -1.80. The molecule has 0 radical (unpaired) electrons. The number of carboxylic acids is 1. The summed E-state index contributed by atoms with van der Waals surface area (Å²) >= 11 is 5.11. The first kappa shape index (κ1) is 22.2. The zero-order valence-corrected chi connectivity index (χ0v) is 14.8. The van der Waals surface area contributed by atoms with Crippen molar-refractivity contribution < 1.29 is 29.1 Å². The van der Waals surface area contributed by atoms with E-state index in [-0.39, 0.29) is 22.6 Å². The number of para-hydroxylation sites is 2. The Bertz CT molecular complexity index is 664. The van der Waals surface area contributed by atoms with Crippen LogP contribution in [0.3, 0.4) is 0 Å². The van der Waals surface area contributed by atoms with Crippen LogP contribution in [0.2, 0.25) is 0 Å². The lowest BCUT2D eigenvalue weighted by Gasteiger charge is -1.95. The lowest BCUT2D eigenvalue weighted by Crippen LogP contribution is -1.95. The molecule has 10 heteroatoms. The van der Waals surface area contributed by atoms with Crippen LogP contribution in [0.4, 0.5) is 0 Å². The van der Waals surface area contributed by atoms with E-state index in [1.54, 1.807) is 24.3 Å². The van der Waals surface area contributed by atoms with E-state index in [0.29, 0.717) is 0 Å². The van der Waals surface area contributed by atoms with Crippen molar-refractivity contribution in [1.29, 1.82) is 0 Å². The van der Waals surface area contributed by atoms with Crippen molar-refractivity contribution in [3.05, 3.63) is 59.7 Å². The van der Waals surface area contributed by atoms with E-state index in [9.17, 15) is 9.59 Å². The lowest BCUT2D eigenvalue weighted by atomic mass is 10.2. The van der Waals surface area contributed by atoms with E-state index in [0.717, 1.165) is 0 Å². The van der Waals surface area contributed by atoms with Gasteiger partial charge in [0.25, 0.3) is 5.24 Å². The van der Waals surface area contributed by atoms with Crippen LogP contribution in [0.1, 0.15) is 20.7 Å². The van der Waals surface area contributed by atoms with E-state index in [1.807, 2.05) is 0 Å². The van der Waals surface area contributed by atoms with Gasteiger partial charge in [0.05, 0.1) is 5.56 Å². The first-order chi connectivity index (χ1) is 11.2. The molecule has 0 bridgehead atoms. The third-order valence-electron chi connectivity index (χ3n) is 2.25. The van der Waals surface area contributed by atoms with Crippen LogP contribution in [0.5, 0.6) is 11.5 Å². The number of phenols is 2. The molecule has 0 heterocycles. The quantitative estimate of drug-likeness (QED) is 0.644. The zero-order valence-electron chi connectivity index (χ0n) is 11.7. The summed E-state index contributed by atoms with van der Waals surface area (Å²) in [7, 11) is 7.36. The van der Waals surface area contributed by atoms with E-state index >= 15 is 0 Å². The molecule has 0 saturated heterocycles. The van der Waals surface area contributed by atoms with Gasteiger partial charge in [-0.2, -0.15) is 0 Å². The number of rotatable bonds is 2. The van der Waals surface area contributed by atoms with Crippen LogP contribution < -0.4 is 0 Å². The highest BCUT2D eigenvalue weighted by Gasteiger charge is 2.06. The summed E-state index contributed by atoms with van der Waals surface area (Å²) in [6.45, 7) is 0. The molecule has 0 unspecified atom stereocenters. The SMILES string of the molecule is O=C(Cl)c1ccccc1O.O=C(O)c1ccccc1O.O=S(Cl)Cl. The third-order valence-corrected chi connectivity index (χ3v) is 2.45. The van der Waals surface area contributed by atoms with E-state index in [1.165, 1.54) is 24.3 Å². The van der Waals surface area contributed by atoms with Crippen LogP contribution in [0.15, 0.2) is 48.5 Å². The van der Waals surface area contributed by atoms with Crippen molar-refractivity contribution in [3.63, 3.8) is 0 Å². The maximum Gasteiger partial charge on any atom is 0.339 e. The minimum Gasteiger partial charge on any atom is -0.507 e. The third kappa shape index (κ3) is 9.36. The summed E-state index contributed by atoms with van der Waals surface area (Å²) in [5.74, 6) is -1.39. The molecule has 130 valence electrons. The van der Waals surface area contributed by atoms with Crippen LogP contribution in [-0.2, 0) is 9.23 Å². The summed E-state index contributed by atoms with van der Waals surface area (Å²) < 4.78 is 9.09. The monoisotopic (exact) mass is 412 g/mol. The van der Waals surface area contributed by atoms with E-state index < -0.39 is 20.4 Å². The molecule has 2 aromatic carbocycles. The van der Waals surface area contributed by atoms with Gasteiger partial charge < -0.3 is 15.3 Å². The minimum atomic E-state index is -1.67. The number of carbonyl (C=O) groups is 2. The molecule has 3 N–H and O–H groups in total. The summed E-state index contributed by atoms with van der Waals surface area (Å²) in [4.78, 5) is 20.7. The van der Waals surface area contributed by atoms with Crippen molar-refractivity contribution >= 4 is 53.4 Å². The Morgan fingerprint density at radius 3 is 1.38 bits per heavy atom. The molecule has 0 atom stereocenters. The zero-order chi connectivity index (χ0) is 18.7. The number of aromatic hydroxyl groups is 2. The summed E-state index contributed by atoms with van der Waals surface area (Å²) in [5, 5.41) is 25.6. The summed E-state index contributed by atoms with van der Waals surface area (Å²) in [6, 6.07) is 11.9. The second-order valence-corrected chi connectivity index (χ2v) is 6.67. The maximum absolute atomic E-state index is 10.5. The van der Waals surface area contributed by atoms with Gasteiger partial charge in [0.2, 0.25) is 9.23 Å². The molecular weight excluding hydrogens is 403 g/mol. The Labute approximate surface area is 153 Å². The molecule has 0 fully saturated rings. The summed E-state index contributed by atoms with van der Waals surface area (Å²) in [6.07, 6.45) is 0. The Morgan fingerprint density at radius 2 is 1.17 bits per heavy atom. The van der Waals surface area contributed by atoms with E-state index in [2.05, 4.69) is 21.4 Å². The molecule has 0 amide bonds. The predicted octanol–water partition coefficient (Wildman–Crippen LogP) is 3.90. The molecule has 24 heavy (non-hydrogen) atoms. The normalized spacial score (nSPS) is 9.17. The molecule has 0 aliphatic carbocycles. The molecule has 2 rings (SSSR count). The van der Waals surface area contributed by atoms with Crippen LogP contribution in [0.25, 0.3) is 0 Å². The molecule has 0 aromatic heterocycles. The highest BCUT2D eigenvalue weighted by atomic mass is 36.0. The van der Waals surface area contributed by atoms with Gasteiger partial charge in [-0.25, -0.2) is 9.00 Å².